The molecule has 0 aliphatic carbocycles. The zero-order chi connectivity index (χ0) is 31.0. The first-order valence-electron chi connectivity index (χ1n) is 13.9. The van der Waals surface area contributed by atoms with Crippen LogP contribution in [0.3, 0.4) is 0 Å². The standard InChI is InChI=1S/C31H29FN8O3S/c1-17(2)6-27(41)36-23-10-20(12-33-14-23)21-11-24-29(39-40-30(24)35-13-21)31-37-26-16-34-15-25(28(26)38-31)19-7-18(8-22(32)9-19)4-5-44(3,42)43/h7-17H,4-6H2,1-3H3,(H,36,41)(H,37,38)(H,35,39,40). The largest absolute Gasteiger partial charge is 0.335 e. The van der Waals surface area contributed by atoms with Crippen LogP contribution in [0.5, 0.6) is 0 Å². The molecule has 13 heteroatoms. The minimum atomic E-state index is -3.21. The summed E-state index contributed by atoms with van der Waals surface area (Å²) in [7, 11) is -3.21. The number of aromatic amines is 2. The maximum absolute atomic E-state index is 14.6. The van der Waals surface area contributed by atoms with E-state index in [-0.39, 0.29) is 24.0 Å². The smallest absolute Gasteiger partial charge is 0.224 e. The van der Waals surface area contributed by atoms with Crippen LogP contribution in [0.2, 0.25) is 0 Å². The van der Waals surface area contributed by atoms with E-state index in [4.69, 9.17) is 4.98 Å². The van der Waals surface area contributed by atoms with E-state index in [0.29, 0.717) is 62.4 Å². The molecule has 0 unspecified atom stereocenters. The minimum Gasteiger partial charge on any atom is -0.335 e. The summed E-state index contributed by atoms with van der Waals surface area (Å²) in [5.41, 5.74) is 6.10. The number of carbonyl (C=O) groups is 1. The fourth-order valence-corrected chi connectivity index (χ4v) is 5.61. The Balaban J connectivity index is 1.36. The van der Waals surface area contributed by atoms with Gasteiger partial charge in [0, 0.05) is 48.0 Å². The number of imidazole rings is 1. The molecule has 1 amide bonds. The SMILES string of the molecule is CC(C)CC(=O)Nc1cncc(-c2cnc3n[nH]c(-c4nc5c(-c6cc(F)cc(CCS(C)(=O)=O)c6)cncc5[nH]4)c3c2)c1. The molecule has 0 fully saturated rings. The number of aromatic nitrogens is 7. The van der Waals surface area contributed by atoms with Crippen molar-refractivity contribution in [2.45, 2.75) is 26.7 Å². The molecular formula is C31H29FN8O3S. The van der Waals surface area contributed by atoms with Gasteiger partial charge in [0.05, 0.1) is 40.3 Å². The second kappa shape index (κ2) is 11.6. The molecule has 3 N–H and O–H groups in total. The average molecular weight is 613 g/mol. The van der Waals surface area contributed by atoms with Gasteiger partial charge in [0.25, 0.3) is 0 Å². The van der Waals surface area contributed by atoms with Gasteiger partial charge in [-0.2, -0.15) is 5.10 Å². The number of nitrogens with zero attached hydrogens (tertiary/aromatic N) is 5. The average Bonchev–Trinajstić information content (AvgIpc) is 3.59. The number of sulfone groups is 1. The third kappa shape index (κ3) is 6.32. The fraction of sp³-hybridized carbons (Fsp3) is 0.226. The first-order chi connectivity index (χ1) is 21.0. The van der Waals surface area contributed by atoms with Crippen molar-refractivity contribution >= 4 is 43.5 Å². The number of rotatable bonds is 9. The van der Waals surface area contributed by atoms with Gasteiger partial charge in [0.15, 0.2) is 11.5 Å². The van der Waals surface area contributed by atoms with E-state index in [1.54, 1.807) is 37.1 Å². The van der Waals surface area contributed by atoms with Gasteiger partial charge in [0.2, 0.25) is 5.91 Å². The number of halogens is 1. The third-order valence-electron chi connectivity index (χ3n) is 7.02. The van der Waals surface area contributed by atoms with Crippen LogP contribution in [-0.2, 0) is 21.1 Å². The predicted molar refractivity (Wildman–Crippen MR) is 167 cm³/mol. The third-order valence-corrected chi connectivity index (χ3v) is 7.97. The quantitative estimate of drug-likeness (QED) is 0.197. The van der Waals surface area contributed by atoms with Gasteiger partial charge in [-0.05, 0) is 47.7 Å². The number of amides is 1. The highest BCUT2D eigenvalue weighted by Gasteiger charge is 2.18. The van der Waals surface area contributed by atoms with Crippen LogP contribution in [0.4, 0.5) is 10.1 Å². The molecule has 5 heterocycles. The Hall–Kier alpha value is -5.04. The molecule has 0 radical (unpaired) electrons. The number of nitrogens with one attached hydrogen (secondary N) is 3. The molecule has 0 spiro atoms. The molecule has 224 valence electrons. The molecule has 0 aliphatic rings. The Kier molecular flexibility index (Phi) is 7.64. The topological polar surface area (TPSA) is 159 Å². The summed E-state index contributed by atoms with van der Waals surface area (Å²) in [4.78, 5) is 33.5. The summed E-state index contributed by atoms with van der Waals surface area (Å²) in [5.74, 6) is 0.0839. The Labute approximate surface area is 252 Å². The number of pyridine rings is 3. The van der Waals surface area contributed by atoms with Gasteiger partial charge in [-0.3, -0.25) is 19.9 Å². The molecule has 1 aromatic carbocycles. The minimum absolute atomic E-state index is 0.0771. The molecule has 0 bridgehead atoms. The highest BCUT2D eigenvalue weighted by molar-refractivity contribution is 7.90. The predicted octanol–water partition coefficient (Wildman–Crippen LogP) is 5.34. The van der Waals surface area contributed by atoms with Crippen LogP contribution in [0.15, 0.2) is 61.3 Å². The van der Waals surface area contributed by atoms with Crippen molar-refractivity contribution in [1.29, 1.82) is 0 Å². The maximum atomic E-state index is 14.6. The van der Waals surface area contributed by atoms with Crippen molar-refractivity contribution in [2.75, 3.05) is 17.3 Å². The van der Waals surface area contributed by atoms with Crippen LogP contribution in [0.25, 0.3) is 55.8 Å². The molecule has 0 saturated carbocycles. The lowest BCUT2D eigenvalue weighted by molar-refractivity contribution is -0.116. The lowest BCUT2D eigenvalue weighted by Gasteiger charge is -2.08. The van der Waals surface area contributed by atoms with Gasteiger partial charge < -0.3 is 10.3 Å². The number of fused-ring (bicyclic) bond motifs is 2. The Morgan fingerprint density at radius 3 is 2.57 bits per heavy atom. The molecule has 0 saturated heterocycles. The molecule has 6 aromatic rings. The molecule has 0 aliphatic heterocycles. The first-order valence-corrected chi connectivity index (χ1v) is 16.0. The lowest BCUT2D eigenvalue weighted by Crippen LogP contribution is -2.13. The monoisotopic (exact) mass is 612 g/mol. The maximum Gasteiger partial charge on any atom is 0.224 e. The van der Waals surface area contributed by atoms with E-state index in [9.17, 15) is 17.6 Å². The normalized spacial score (nSPS) is 11.9. The van der Waals surface area contributed by atoms with E-state index < -0.39 is 15.7 Å². The van der Waals surface area contributed by atoms with Gasteiger partial charge in [-0.1, -0.05) is 19.9 Å². The van der Waals surface area contributed by atoms with Gasteiger partial charge in [0.1, 0.15) is 21.3 Å². The molecule has 11 nitrogen and oxygen atoms in total. The van der Waals surface area contributed by atoms with Crippen LogP contribution in [0, 0.1) is 11.7 Å². The number of hydrogen-bond acceptors (Lipinski definition) is 8. The van der Waals surface area contributed by atoms with Gasteiger partial charge in [-0.25, -0.2) is 22.8 Å². The number of aryl methyl sites for hydroxylation is 1. The van der Waals surface area contributed by atoms with Crippen LogP contribution < -0.4 is 5.32 Å². The van der Waals surface area contributed by atoms with E-state index in [1.165, 1.54) is 12.1 Å². The Morgan fingerprint density at radius 2 is 1.77 bits per heavy atom. The number of hydrogen-bond donors (Lipinski definition) is 3. The highest BCUT2D eigenvalue weighted by atomic mass is 32.2. The van der Waals surface area contributed by atoms with E-state index in [0.717, 1.165) is 17.4 Å². The molecular weight excluding hydrogens is 583 g/mol. The summed E-state index contributed by atoms with van der Waals surface area (Å²) >= 11 is 0. The van der Waals surface area contributed by atoms with Crippen LogP contribution >= 0.6 is 0 Å². The van der Waals surface area contributed by atoms with Crippen LogP contribution in [-0.4, -0.2) is 61.5 Å². The second-order valence-corrected chi connectivity index (χ2v) is 13.5. The molecule has 5 aromatic heterocycles. The summed E-state index contributed by atoms with van der Waals surface area (Å²) in [6.07, 6.45) is 9.98. The highest BCUT2D eigenvalue weighted by Crippen LogP contribution is 2.33. The summed E-state index contributed by atoms with van der Waals surface area (Å²) < 4.78 is 37.9. The van der Waals surface area contributed by atoms with Crippen molar-refractivity contribution in [1.82, 2.24) is 35.1 Å². The Morgan fingerprint density at radius 1 is 0.977 bits per heavy atom. The van der Waals surface area contributed by atoms with Crippen molar-refractivity contribution in [3.05, 3.63) is 72.7 Å². The van der Waals surface area contributed by atoms with Gasteiger partial charge >= 0.3 is 0 Å². The number of anilines is 1. The molecule has 0 atom stereocenters. The van der Waals surface area contributed by atoms with Crippen molar-refractivity contribution in [3.63, 3.8) is 0 Å². The van der Waals surface area contributed by atoms with E-state index >= 15 is 0 Å². The zero-order valence-electron chi connectivity index (χ0n) is 24.2. The van der Waals surface area contributed by atoms with Crippen molar-refractivity contribution in [3.8, 4) is 33.8 Å². The number of H-pyrrole nitrogens is 2. The number of carbonyl (C=O) groups excluding carboxylic acids is 1. The summed E-state index contributed by atoms with van der Waals surface area (Å²) in [5, 5.41) is 11.0. The fourth-order valence-electron chi connectivity index (χ4n) is 5.00. The molecule has 44 heavy (non-hydrogen) atoms. The van der Waals surface area contributed by atoms with Gasteiger partial charge in [-0.15, -0.1) is 0 Å². The number of benzene rings is 1. The zero-order valence-corrected chi connectivity index (χ0v) is 25.0. The summed E-state index contributed by atoms with van der Waals surface area (Å²) in [6, 6.07) is 8.24. The lowest BCUT2D eigenvalue weighted by atomic mass is 10.0. The Bertz CT molecular complexity index is 2140. The van der Waals surface area contributed by atoms with E-state index in [2.05, 4.69) is 35.5 Å². The van der Waals surface area contributed by atoms with Crippen molar-refractivity contribution < 1.29 is 17.6 Å². The van der Waals surface area contributed by atoms with Crippen LogP contribution in [0.1, 0.15) is 25.8 Å². The summed E-state index contributed by atoms with van der Waals surface area (Å²) in [6.45, 7) is 3.97. The first kappa shape index (κ1) is 29.1. The van der Waals surface area contributed by atoms with Crippen molar-refractivity contribution in [2.24, 2.45) is 5.92 Å². The second-order valence-electron chi connectivity index (χ2n) is 11.2. The van der Waals surface area contributed by atoms with E-state index in [1.807, 2.05) is 26.0 Å². The molecule has 6 rings (SSSR count).